The largest absolute Gasteiger partial charge is 0.497 e. The molecule has 3 amide bonds. The first kappa shape index (κ1) is 19.4. The van der Waals surface area contributed by atoms with Crippen molar-refractivity contribution in [2.75, 3.05) is 19.0 Å². The highest BCUT2D eigenvalue weighted by Crippen LogP contribution is 2.19. The average Bonchev–Trinajstić information content (AvgIpc) is 2.83. The Bertz CT molecular complexity index is 864. The molecule has 0 fully saturated rings. The van der Waals surface area contributed by atoms with Gasteiger partial charge < -0.3 is 20.7 Å². The van der Waals surface area contributed by atoms with Crippen molar-refractivity contribution in [1.82, 2.24) is 10.6 Å². The summed E-state index contributed by atoms with van der Waals surface area (Å²) in [5, 5.41) is 8.27. The number of hydrogen-bond acceptors (Lipinski definition) is 4. The minimum Gasteiger partial charge on any atom is -0.497 e. The van der Waals surface area contributed by atoms with E-state index < -0.39 is 6.04 Å². The summed E-state index contributed by atoms with van der Waals surface area (Å²) in [7, 11) is 1.62. The Labute approximate surface area is 163 Å². The van der Waals surface area contributed by atoms with E-state index in [1.807, 2.05) is 24.3 Å². The molecule has 0 spiro atoms. The molecule has 3 N–H and O–H groups in total. The van der Waals surface area contributed by atoms with Gasteiger partial charge in [0.15, 0.2) is 0 Å². The third-order valence-electron chi connectivity index (χ3n) is 4.61. The molecule has 28 heavy (non-hydrogen) atoms. The van der Waals surface area contributed by atoms with Crippen molar-refractivity contribution in [2.24, 2.45) is 0 Å². The molecule has 1 aliphatic rings. The summed E-state index contributed by atoms with van der Waals surface area (Å²) in [5.74, 6) is -0.000760. The lowest BCUT2D eigenvalue weighted by molar-refractivity contribution is -0.121. The molecule has 0 saturated carbocycles. The van der Waals surface area contributed by atoms with Crippen molar-refractivity contribution in [3.8, 4) is 5.75 Å². The zero-order valence-electron chi connectivity index (χ0n) is 15.7. The Balaban J connectivity index is 1.45. The predicted octanol–water partition coefficient (Wildman–Crippen LogP) is 1.88. The molecule has 1 heterocycles. The highest BCUT2D eigenvalue weighted by molar-refractivity contribution is 6.09. The van der Waals surface area contributed by atoms with Gasteiger partial charge in [0.25, 0.3) is 5.91 Å². The SMILES string of the molecule is COc1ccc(CCNC(=O)CCC2NC(=O)c3ccccc3NC2=O)cc1. The molecule has 0 aromatic heterocycles. The molecule has 0 aliphatic carbocycles. The Hall–Kier alpha value is -3.35. The lowest BCUT2D eigenvalue weighted by atomic mass is 10.1. The van der Waals surface area contributed by atoms with Crippen LogP contribution in [0.3, 0.4) is 0 Å². The van der Waals surface area contributed by atoms with Crippen LogP contribution in [0, 0.1) is 0 Å². The second-order valence-electron chi connectivity index (χ2n) is 6.55. The van der Waals surface area contributed by atoms with Crippen LogP contribution in [0.5, 0.6) is 5.75 Å². The third-order valence-corrected chi connectivity index (χ3v) is 4.61. The van der Waals surface area contributed by atoms with Crippen molar-refractivity contribution < 1.29 is 19.1 Å². The molecule has 0 bridgehead atoms. The van der Waals surface area contributed by atoms with E-state index in [-0.39, 0.29) is 30.6 Å². The Morgan fingerprint density at radius 2 is 1.86 bits per heavy atom. The second-order valence-corrected chi connectivity index (χ2v) is 6.55. The van der Waals surface area contributed by atoms with Gasteiger partial charge in [0.1, 0.15) is 11.8 Å². The van der Waals surface area contributed by atoms with Crippen LogP contribution in [0.4, 0.5) is 5.69 Å². The molecule has 7 heteroatoms. The summed E-state index contributed by atoms with van der Waals surface area (Å²) in [4.78, 5) is 36.7. The van der Waals surface area contributed by atoms with Gasteiger partial charge in [-0.15, -0.1) is 0 Å². The molecule has 0 saturated heterocycles. The van der Waals surface area contributed by atoms with Crippen LogP contribution in [0.15, 0.2) is 48.5 Å². The maximum atomic E-state index is 12.3. The maximum Gasteiger partial charge on any atom is 0.254 e. The fourth-order valence-corrected chi connectivity index (χ4v) is 3.02. The van der Waals surface area contributed by atoms with E-state index >= 15 is 0 Å². The number of methoxy groups -OCH3 is 1. The van der Waals surface area contributed by atoms with Gasteiger partial charge in [-0.3, -0.25) is 14.4 Å². The number of carbonyl (C=O) groups excluding carboxylic acids is 3. The lowest BCUT2D eigenvalue weighted by Crippen LogP contribution is -2.42. The molecule has 0 radical (unpaired) electrons. The summed E-state index contributed by atoms with van der Waals surface area (Å²) in [6, 6.07) is 13.7. The van der Waals surface area contributed by atoms with Gasteiger partial charge in [0.2, 0.25) is 11.8 Å². The molecule has 1 unspecified atom stereocenters. The van der Waals surface area contributed by atoms with Crippen LogP contribution in [-0.2, 0) is 16.0 Å². The number of anilines is 1. The van der Waals surface area contributed by atoms with Crippen molar-refractivity contribution in [1.29, 1.82) is 0 Å². The molecule has 1 atom stereocenters. The summed E-state index contributed by atoms with van der Waals surface area (Å²) in [5.41, 5.74) is 1.99. The van der Waals surface area contributed by atoms with Gasteiger partial charge in [-0.05, 0) is 42.7 Å². The average molecular weight is 381 g/mol. The predicted molar refractivity (Wildman–Crippen MR) is 105 cm³/mol. The number of para-hydroxylation sites is 1. The fraction of sp³-hybridized carbons (Fsp3) is 0.286. The van der Waals surface area contributed by atoms with E-state index in [1.165, 1.54) is 0 Å². The van der Waals surface area contributed by atoms with E-state index in [0.717, 1.165) is 11.3 Å². The van der Waals surface area contributed by atoms with E-state index in [0.29, 0.717) is 24.2 Å². The topological polar surface area (TPSA) is 96.5 Å². The van der Waals surface area contributed by atoms with Crippen molar-refractivity contribution in [3.63, 3.8) is 0 Å². The van der Waals surface area contributed by atoms with Crippen LogP contribution < -0.4 is 20.7 Å². The van der Waals surface area contributed by atoms with Crippen LogP contribution in [0.1, 0.15) is 28.8 Å². The Morgan fingerprint density at radius 1 is 1.11 bits per heavy atom. The Kier molecular flexibility index (Phi) is 6.26. The molecule has 2 aromatic carbocycles. The number of benzene rings is 2. The highest BCUT2D eigenvalue weighted by atomic mass is 16.5. The number of hydrogen-bond donors (Lipinski definition) is 3. The summed E-state index contributed by atoms with van der Waals surface area (Å²) in [6.07, 6.45) is 1.09. The molecule has 3 rings (SSSR count). The molecular formula is C21H23N3O4. The van der Waals surface area contributed by atoms with Gasteiger partial charge in [0, 0.05) is 13.0 Å². The van der Waals surface area contributed by atoms with Gasteiger partial charge in [-0.25, -0.2) is 0 Å². The Morgan fingerprint density at radius 3 is 2.61 bits per heavy atom. The zero-order valence-corrected chi connectivity index (χ0v) is 15.7. The second kappa shape index (κ2) is 9.03. The fourth-order valence-electron chi connectivity index (χ4n) is 3.02. The normalized spacial score (nSPS) is 15.7. The summed E-state index contributed by atoms with van der Waals surface area (Å²) >= 11 is 0. The number of carbonyl (C=O) groups is 3. The first-order valence-electron chi connectivity index (χ1n) is 9.17. The van der Waals surface area contributed by atoms with E-state index in [2.05, 4.69) is 16.0 Å². The molecule has 2 aromatic rings. The first-order valence-corrected chi connectivity index (χ1v) is 9.17. The minimum absolute atomic E-state index is 0.150. The van der Waals surface area contributed by atoms with Gasteiger partial charge in [0.05, 0.1) is 18.4 Å². The quantitative estimate of drug-likeness (QED) is 0.682. The van der Waals surface area contributed by atoms with Crippen LogP contribution in [0.2, 0.25) is 0 Å². The number of rotatable bonds is 7. The smallest absolute Gasteiger partial charge is 0.254 e. The summed E-state index contributed by atoms with van der Waals surface area (Å²) < 4.78 is 5.11. The first-order chi connectivity index (χ1) is 13.6. The van der Waals surface area contributed by atoms with Gasteiger partial charge in [-0.2, -0.15) is 0 Å². The lowest BCUT2D eigenvalue weighted by Gasteiger charge is -2.14. The summed E-state index contributed by atoms with van der Waals surface area (Å²) in [6.45, 7) is 0.500. The van der Waals surface area contributed by atoms with Gasteiger partial charge >= 0.3 is 0 Å². The van der Waals surface area contributed by atoms with Gasteiger partial charge in [-0.1, -0.05) is 24.3 Å². The standard InChI is InChI=1S/C21H23N3O4/c1-28-15-8-6-14(7-9-15)12-13-22-19(25)11-10-18-21(27)23-17-5-3-2-4-16(17)20(26)24-18/h2-9,18H,10-13H2,1H3,(H,22,25)(H,23,27)(H,24,26). The van der Waals surface area contributed by atoms with Crippen LogP contribution in [0.25, 0.3) is 0 Å². The van der Waals surface area contributed by atoms with Crippen LogP contribution >= 0.6 is 0 Å². The molecule has 146 valence electrons. The van der Waals surface area contributed by atoms with E-state index in [4.69, 9.17) is 4.74 Å². The molecular weight excluding hydrogens is 358 g/mol. The number of ether oxygens (including phenoxy) is 1. The van der Waals surface area contributed by atoms with E-state index in [9.17, 15) is 14.4 Å². The molecule has 1 aliphatic heterocycles. The maximum absolute atomic E-state index is 12.3. The highest BCUT2D eigenvalue weighted by Gasteiger charge is 2.27. The van der Waals surface area contributed by atoms with E-state index in [1.54, 1.807) is 31.4 Å². The third kappa shape index (κ3) is 4.88. The van der Waals surface area contributed by atoms with Crippen molar-refractivity contribution >= 4 is 23.4 Å². The van der Waals surface area contributed by atoms with Crippen molar-refractivity contribution in [3.05, 3.63) is 59.7 Å². The number of nitrogens with one attached hydrogen (secondary N) is 3. The van der Waals surface area contributed by atoms with Crippen LogP contribution in [-0.4, -0.2) is 37.4 Å². The molecule has 7 nitrogen and oxygen atoms in total. The number of amides is 3. The zero-order chi connectivity index (χ0) is 19.9. The minimum atomic E-state index is -0.743. The number of fused-ring (bicyclic) bond motifs is 1. The monoisotopic (exact) mass is 381 g/mol. The van der Waals surface area contributed by atoms with Crippen molar-refractivity contribution in [2.45, 2.75) is 25.3 Å².